The topological polar surface area (TPSA) is 76.0 Å². The summed E-state index contributed by atoms with van der Waals surface area (Å²) >= 11 is 0. The molecule has 0 aliphatic heterocycles. The van der Waals surface area contributed by atoms with Gasteiger partial charge in [-0.2, -0.15) is 4.89 Å². The molecule has 0 aromatic rings. The van der Waals surface area contributed by atoms with E-state index >= 15 is 0 Å². The van der Waals surface area contributed by atoms with Gasteiger partial charge in [-0.05, 0) is 67.8 Å². The molecule has 1 saturated carbocycles. The molecule has 0 saturated heterocycles. The summed E-state index contributed by atoms with van der Waals surface area (Å²) in [5, 5.41) is 18.3. The van der Waals surface area contributed by atoms with E-state index in [1.165, 1.54) is 5.57 Å². The smallest absolute Gasteiger partial charge is 0.348 e. The van der Waals surface area contributed by atoms with E-state index in [4.69, 9.17) is 14.9 Å². The molecule has 0 bridgehead atoms. The van der Waals surface area contributed by atoms with Crippen LogP contribution in [0.15, 0.2) is 23.3 Å². The van der Waals surface area contributed by atoms with Crippen molar-refractivity contribution in [1.29, 1.82) is 0 Å². The first-order valence-electron chi connectivity index (χ1n) is 10.8. The van der Waals surface area contributed by atoms with Gasteiger partial charge in [-0.15, -0.1) is 0 Å². The molecule has 0 aromatic carbocycles. The summed E-state index contributed by atoms with van der Waals surface area (Å²) in [6.07, 6.45) is 9.85. The average molecular weight is 393 g/mol. The van der Waals surface area contributed by atoms with Gasteiger partial charge in [0, 0.05) is 0 Å². The SMILES string of the molecule is CC(C)C1=CC2=CC[C@@H]3[C@](C)(CCC[C@@]3(C)C(=O)OOCC(O)CO)[C@H]2CC1. The van der Waals surface area contributed by atoms with Crippen molar-refractivity contribution in [2.75, 3.05) is 13.2 Å². The Hall–Kier alpha value is -1.17. The largest absolute Gasteiger partial charge is 0.394 e. The predicted octanol–water partition coefficient (Wildman–Crippen LogP) is 3.95. The van der Waals surface area contributed by atoms with Crippen LogP contribution in [0, 0.1) is 28.6 Å². The Balaban J connectivity index is 1.80. The standard InChI is InChI=1S/C23H36O5/c1-15(2)16-6-8-19-17(12-16)7-9-20-22(19,3)10-5-11-23(20,4)21(26)28-27-14-18(25)13-24/h7,12,15,18-20,24-25H,5-6,8-11,13-14H2,1-4H3/t18?,19-,20+,22+,23+/m0/s1. The van der Waals surface area contributed by atoms with Crippen LogP contribution in [0.3, 0.4) is 0 Å². The summed E-state index contributed by atoms with van der Waals surface area (Å²) in [5.41, 5.74) is 2.49. The van der Waals surface area contributed by atoms with Crippen molar-refractivity contribution in [3.05, 3.63) is 23.3 Å². The summed E-state index contributed by atoms with van der Waals surface area (Å²) in [4.78, 5) is 23.0. The molecule has 5 nitrogen and oxygen atoms in total. The van der Waals surface area contributed by atoms with Gasteiger partial charge in [0.15, 0.2) is 0 Å². The fraction of sp³-hybridized carbons (Fsp3) is 0.783. The third-order valence-corrected chi connectivity index (χ3v) is 7.65. The monoisotopic (exact) mass is 392 g/mol. The molecule has 3 aliphatic carbocycles. The molecule has 0 radical (unpaired) electrons. The summed E-state index contributed by atoms with van der Waals surface area (Å²) in [6.45, 7) is 8.28. The first kappa shape index (κ1) is 21.5. The molecule has 3 rings (SSSR count). The highest BCUT2D eigenvalue weighted by atomic mass is 17.2. The summed E-state index contributed by atoms with van der Waals surface area (Å²) in [5.74, 6) is 0.957. The van der Waals surface area contributed by atoms with E-state index in [9.17, 15) is 9.90 Å². The fourth-order valence-corrected chi connectivity index (χ4v) is 5.90. The lowest BCUT2D eigenvalue weighted by Gasteiger charge is -2.57. The lowest BCUT2D eigenvalue weighted by Crippen LogP contribution is -2.53. The molecule has 5 atom stereocenters. The van der Waals surface area contributed by atoms with Gasteiger partial charge < -0.3 is 10.2 Å². The average Bonchev–Trinajstić information content (AvgIpc) is 2.67. The molecule has 1 fully saturated rings. The van der Waals surface area contributed by atoms with Gasteiger partial charge in [0.2, 0.25) is 0 Å². The molecule has 5 heteroatoms. The van der Waals surface area contributed by atoms with Crippen molar-refractivity contribution in [3.63, 3.8) is 0 Å². The van der Waals surface area contributed by atoms with Crippen molar-refractivity contribution in [2.24, 2.45) is 28.6 Å². The van der Waals surface area contributed by atoms with E-state index in [0.29, 0.717) is 11.8 Å². The Morgan fingerprint density at radius 3 is 2.75 bits per heavy atom. The van der Waals surface area contributed by atoms with Gasteiger partial charge in [0.25, 0.3) is 0 Å². The summed E-state index contributed by atoms with van der Waals surface area (Å²) < 4.78 is 0. The molecule has 0 heterocycles. The van der Waals surface area contributed by atoms with E-state index < -0.39 is 18.1 Å². The van der Waals surface area contributed by atoms with Crippen LogP contribution in [0.25, 0.3) is 0 Å². The summed E-state index contributed by atoms with van der Waals surface area (Å²) in [7, 11) is 0. The van der Waals surface area contributed by atoms with Crippen LogP contribution < -0.4 is 0 Å². The molecule has 0 aromatic heterocycles. The van der Waals surface area contributed by atoms with Crippen LogP contribution in [0.1, 0.15) is 66.2 Å². The third-order valence-electron chi connectivity index (χ3n) is 7.65. The Bertz CT molecular complexity index is 651. The predicted molar refractivity (Wildman–Crippen MR) is 107 cm³/mol. The molecule has 28 heavy (non-hydrogen) atoms. The van der Waals surface area contributed by atoms with Crippen molar-refractivity contribution in [3.8, 4) is 0 Å². The zero-order chi connectivity index (χ0) is 20.5. The van der Waals surface area contributed by atoms with Crippen LogP contribution in [0.5, 0.6) is 0 Å². The van der Waals surface area contributed by atoms with E-state index in [0.717, 1.165) is 38.5 Å². The fourth-order valence-electron chi connectivity index (χ4n) is 5.90. The minimum Gasteiger partial charge on any atom is -0.394 e. The molecule has 1 unspecified atom stereocenters. The number of hydrogen-bond donors (Lipinski definition) is 2. The van der Waals surface area contributed by atoms with E-state index in [-0.39, 0.29) is 23.9 Å². The zero-order valence-electron chi connectivity index (χ0n) is 17.7. The van der Waals surface area contributed by atoms with Gasteiger partial charge >= 0.3 is 5.97 Å². The van der Waals surface area contributed by atoms with E-state index in [1.54, 1.807) is 5.57 Å². The highest BCUT2D eigenvalue weighted by molar-refractivity contribution is 5.76. The van der Waals surface area contributed by atoms with Gasteiger partial charge in [-0.1, -0.05) is 44.9 Å². The van der Waals surface area contributed by atoms with Crippen molar-refractivity contribution in [2.45, 2.75) is 72.3 Å². The molecule has 3 aliphatic rings. The Morgan fingerprint density at radius 1 is 1.32 bits per heavy atom. The minimum atomic E-state index is -1.04. The molecule has 158 valence electrons. The van der Waals surface area contributed by atoms with Gasteiger partial charge in [-0.3, -0.25) is 4.89 Å². The molecular formula is C23H36O5. The first-order chi connectivity index (χ1) is 13.2. The second-order valence-corrected chi connectivity index (χ2v) is 9.73. The van der Waals surface area contributed by atoms with Crippen LogP contribution in [-0.2, 0) is 14.6 Å². The lowest BCUT2D eigenvalue weighted by atomic mass is 9.47. The van der Waals surface area contributed by atoms with Gasteiger partial charge in [0.1, 0.15) is 12.7 Å². The molecule has 0 amide bonds. The lowest BCUT2D eigenvalue weighted by molar-refractivity contribution is -0.295. The minimum absolute atomic E-state index is 0.0831. The third kappa shape index (κ3) is 3.81. The Morgan fingerprint density at radius 2 is 2.07 bits per heavy atom. The number of carbonyl (C=O) groups excluding carboxylic acids is 1. The normalized spacial score (nSPS) is 36.1. The van der Waals surface area contributed by atoms with Crippen LogP contribution in [0.4, 0.5) is 0 Å². The maximum absolute atomic E-state index is 13.0. The number of aliphatic hydroxyl groups is 2. The van der Waals surface area contributed by atoms with E-state index in [1.807, 2.05) is 6.92 Å². The molecule has 0 spiro atoms. The quantitative estimate of drug-likeness (QED) is 0.529. The second kappa shape index (κ2) is 8.29. The number of hydrogen-bond acceptors (Lipinski definition) is 5. The number of aliphatic hydroxyl groups excluding tert-OH is 2. The van der Waals surface area contributed by atoms with Gasteiger partial charge in [0.05, 0.1) is 12.0 Å². The number of carbonyl (C=O) groups is 1. The van der Waals surface area contributed by atoms with Gasteiger partial charge in [-0.25, -0.2) is 4.79 Å². The number of rotatable bonds is 6. The summed E-state index contributed by atoms with van der Waals surface area (Å²) in [6, 6.07) is 0. The highest BCUT2D eigenvalue weighted by Crippen LogP contribution is 2.62. The van der Waals surface area contributed by atoms with Crippen LogP contribution in [-0.4, -0.2) is 35.5 Å². The number of allylic oxidation sites excluding steroid dienone is 4. The van der Waals surface area contributed by atoms with Crippen LogP contribution >= 0.6 is 0 Å². The van der Waals surface area contributed by atoms with Crippen LogP contribution in [0.2, 0.25) is 0 Å². The highest BCUT2D eigenvalue weighted by Gasteiger charge is 2.58. The number of fused-ring (bicyclic) bond motifs is 3. The van der Waals surface area contributed by atoms with E-state index in [2.05, 4.69) is 32.9 Å². The molecule has 2 N–H and O–H groups in total. The second-order valence-electron chi connectivity index (χ2n) is 9.73. The maximum atomic E-state index is 13.0. The molecular weight excluding hydrogens is 356 g/mol. The van der Waals surface area contributed by atoms with Crippen molar-refractivity contribution >= 4 is 5.97 Å². The Labute approximate surface area is 168 Å². The Kier molecular flexibility index (Phi) is 6.38. The zero-order valence-corrected chi connectivity index (χ0v) is 17.7. The maximum Gasteiger partial charge on any atom is 0.348 e. The first-order valence-corrected chi connectivity index (χ1v) is 10.8. The van der Waals surface area contributed by atoms with Crippen molar-refractivity contribution in [1.82, 2.24) is 0 Å². The van der Waals surface area contributed by atoms with Crippen molar-refractivity contribution < 1.29 is 24.8 Å².